The van der Waals surface area contributed by atoms with Crippen molar-refractivity contribution in [2.75, 3.05) is 5.32 Å². The molecule has 0 aliphatic carbocycles. The van der Waals surface area contributed by atoms with Crippen molar-refractivity contribution in [1.29, 1.82) is 0 Å². The molecule has 0 saturated heterocycles. The second-order valence-electron chi connectivity index (χ2n) is 5.99. The first-order chi connectivity index (χ1) is 14.8. The van der Waals surface area contributed by atoms with Crippen LogP contribution in [0.1, 0.15) is 16.7 Å². The zero-order chi connectivity index (χ0) is 25.7. The molecule has 0 saturated carbocycles. The Kier molecular flexibility index (Phi) is 6.82. The summed E-state index contributed by atoms with van der Waals surface area (Å²) in [5, 5.41) is 21.7. The highest BCUT2D eigenvalue weighted by atomic mass is 79.9. The first kappa shape index (κ1) is 26.4. The number of anilines is 2. The number of rotatable bonds is 4. The van der Waals surface area contributed by atoms with E-state index in [1.54, 1.807) is 0 Å². The summed E-state index contributed by atoms with van der Waals surface area (Å²) in [7, 11) is 0. The lowest BCUT2D eigenvalue weighted by molar-refractivity contribution is -0.394. The van der Waals surface area contributed by atoms with Gasteiger partial charge in [-0.25, -0.2) is 0 Å². The Hall–Kier alpha value is -2.82. The van der Waals surface area contributed by atoms with Gasteiger partial charge >= 0.3 is 18.5 Å². The van der Waals surface area contributed by atoms with E-state index >= 15 is 0 Å². The Labute approximate surface area is 188 Å². The highest BCUT2D eigenvalue weighted by Gasteiger charge is 2.44. The Morgan fingerprint density at radius 3 is 1.67 bits per heavy atom. The van der Waals surface area contributed by atoms with E-state index in [9.17, 15) is 59.7 Å². The van der Waals surface area contributed by atoms with Gasteiger partial charge in [-0.2, -0.15) is 39.5 Å². The summed E-state index contributed by atoms with van der Waals surface area (Å²) in [5.74, 6) is 0. The van der Waals surface area contributed by atoms with E-state index in [0.717, 1.165) is 0 Å². The number of alkyl halides is 9. The van der Waals surface area contributed by atoms with Crippen molar-refractivity contribution in [3.8, 4) is 0 Å². The smallest absolute Gasteiger partial charge is 0.348 e. The van der Waals surface area contributed by atoms with E-state index in [1.165, 1.54) is 5.32 Å². The average Bonchev–Trinajstić information content (AvgIpc) is 2.60. The van der Waals surface area contributed by atoms with Gasteiger partial charge in [0.15, 0.2) is 0 Å². The molecule has 0 unspecified atom stereocenters. The van der Waals surface area contributed by atoms with Crippen molar-refractivity contribution >= 4 is 50.3 Å². The van der Waals surface area contributed by atoms with Gasteiger partial charge in [-0.15, -0.1) is 0 Å². The second kappa shape index (κ2) is 8.51. The highest BCUT2D eigenvalue weighted by Crippen LogP contribution is 2.51. The van der Waals surface area contributed by atoms with Crippen LogP contribution in [0.15, 0.2) is 22.7 Å². The molecule has 0 radical (unpaired) electrons. The van der Waals surface area contributed by atoms with Crippen LogP contribution in [0, 0.1) is 20.2 Å². The zero-order valence-corrected chi connectivity index (χ0v) is 17.3. The van der Waals surface area contributed by atoms with Gasteiger partial charge in [-0.05, 0) is 6.07 Å². The van der Waals surface area contributed by atoms with E-state index in [4.69, 9.17) is 11.6 Å². The van der Waals surface area contributed by atoms with Gasteiger partial charge in [-0.3, -0.25) is 20.2 Å². The summed E-state index contributed by atoms with van der Waals surface area (Å²) in [6.45, 7) is 0. The quantitative estimate of drug-likeness (QED) is 0.228. The fourth-order valence-corrected chi connectivity index (χ4v) is 3.69. The maximum atomic E-state index is 13.5. The van der Waals surface area contributed by atoms with E-state index in [0.29, 0.717) is 0 Å². The van der Waals surface area contributed by atoms with Crippen molar-refractivity contribution in [1.82, 2.24) is 0 Å². The third-order valence-corrected chi connectivity index (χ3v) is 4.88. The molecule has 0 aliphatic heterocycles. The van der Waals surface area contributed by atoms with Crippen LogP contribution >= 0.6 is 27.5 Å². The van der Waals surface area contributed by atoms with Gasteiger partial charge in [0.1, 0.15) is 5.69 Å². The van der Waals surface area contributed by atoms with Crippen molar-refractivity contribution < 1.29 is 49.4 Å². The largest absolute Gasteiger partial charge is 0.419 e. The molecule has 2 rings (SSSR count). The number of non-ortho nitro benzene ring substituents is 1. The van der Waals surface area contributed by atoms with Crippen LogP contribution in [0.25, 0.3) is 0 Å². The third-order valence-electron chi connectivity index (χ3n) is 3.87. The Morgan fingerprint density at radius 2 is 1.27 bits per heavy atom. The fourth-order valence-electron chi connectivity index (χ4n) is 2.57. The summed E-state index contributed by atoms with van der Waals surface area (Å²) >= 11 is 7.73. The molecule has 0 amide bonds. The van der Waals surface area contributed by atoms with E-state index < -0.39 is 77.3 Å². The number of halogens is 11. The van der Waals surface area contributed by atoms with Crippen LogP contribution in [0.4, 0.5) is 62.3 Å². The molecule has 33 heavy (non-hydrogen) atoms. The first-order valence-electron chi connectivity index (χ1n) is 7.74. The van der Waals surface area contributed by atoms with Crippen LogP contribution in [0.3, 0.4) is 0 Å². The average molecular weight is 577 g/mol. The standard InChI is InChI=1S/C15H4BrClF9N3O4/c16-7-3-6(14(21,22)23)12(10(17)9(7)15(24,25)26)27-11-5(13(18,19)20)1-4(28(30)31)2-8(11)29(32)33/h1-3,27H. The molecular formula is C15H4BrClF9N3O4. The Balaban J connectivity index is 3.01. The Bertz CT molecular complexity index is 1150. The Morgan fingerprint density at radius 1 is 0.788 bits per heavy atom. The summed E-state index contributed by atoms with van der Waals surface area (Å²) in [5.41, 5.74) is -12.9. The molecule has 2 aromatic rings. The van der Waals surface area contributed by atoms with Crippen LogP contribution in [0.2, 0.25) is 5.02 Å². The summed E-state index contributed by atoms with van der Waals surface area (Å²) in [4.78, 5) is 19.1. The monoisotopic (exact) mass is 575 g/mol. The van der Waals surface area contributed by atoms with Gasteiger partial charge in [-0.1, -0.05) is 27.5 Å². The van der Waals surface area contributed by atoms with Crippen LogP contribution in [-0.2, 0) is 18.5 Å². The van der Waals surface area contributed by atoms with Crippen molar-refractivity contribution in [3.63, 3.8) is 0 Å². The molecule has 0 aliphatic rings. The minimum atomic E-state index is -5.62. The SMILES string of the molecule is O=[N+]([O-])c1cc([N+](=O)[O-])c(Nc2c(C(F)(F)F)cc(Br)c(C(F)(F)F)c2Cl)c(C(F)(F)F)c1. The summed E-state index contributed by atoms with van der Waals surface area (Å²) < 4.78 is 119. The summed E-state index contributed by atoms with van der Waals surface area (Å²) in [6.07, 6.45) is -16.5. The predicted molar refractivity (Wildman–Crippen MR) is 97.2 cm³/mol. The molecule has 0 aromatic heterocycles. The third kappa shape index (κ3) is 5.40. The van der Waals surface area contributed by atoms with Crippen LogP contribution in [0.5, 0.6) is 0 Å². The molecule has 0 atom stereocenters. The number of nitro benzene ring substituents is 2. The number of nitrogens with zero attached hydrogens (tertiary/aromatic N) is 2. The number of benzene rings is 2. The molecule has 0 bridgehead atoms. The molecule has 0 heterocycles. The van der Waals surface area contributed by atoms with E-state index in [-0.39, 0.29) is 18.2 Å². The lowest BCUT2D eigenvalue weighted by Crippen LogP contribution is -2.17. The molecule has 18 heteroatoms. The van der Waals surface area contributed by atoms with E-state index in [1.807, 2.05) is 0 Å². The molecule has 180 valence electrons. The van der Waals surface area contributed by atoms with Gasteiger partial charge in [0, 0.05) is 10.5 Å². The minimum absolute atomic E-state index is 0.0116. The molecule has 2 aromatic carbocycles. The van der Waals surface area contributed by atoms with Crippen LogP contribution in [-0.4, -0.2) is 9.85 Å². The molecule has 0 spiro atoms. The topological polar surface area (TPSA) is 98.3 Å². The number of nitrogens with one attached hydrogen (secondary N) is 1. The van der Waals surface area contributed by atoms with E-state index in [2.05, 4.69) is 15.9 Å². The highest BCUT2D eigenvalue weighted by molar-refractivity contribution is 9.10. The normalized spacial score (nSPS) is 12.6. The number of nitro groups is 2. The molecular weight excluding hydrogens is 573 g/mol. The molecule has 0 fully saturated rings. The maximum Gasteiger partial charge on any atom is 0.419 e. The first-order valence-corrected chi connectivity index (χ1v) is 8.91. The van der Waals surface area contributed by atoms with Crippen LogP contribution < -0.4 is 5.32 Å². The minimum Gasteiger partial charge on any atom is -0.348 e. The fraction of sp³-hybridized carbons (Fsp3) is 0.200. The summed E-state index contributed by atoms with van der Waals surface area (Å²) in [6, 6.07) is -0.385. The lowest BCUT2D eigenvalue weighted by Gasteiger charge is -2.22. The predicted octanol–water partition coefficient (Wildman–Crippen LogP) is 7.72. The van der Waals surface area contributed by atoms with Crippen molar-refractivity contribution in [2.45, 2.75) is 18.5 Å². The second-order valence-corrected chi connectivity index (χ2v) is 7.22. The number of hydrogen-bond donors (Lipinski definition) is 1. The maximum absolute atomic E-state index is 13.5. The van der Waals surface area contributed by atoms with Gasteiger partial charge in [0.25, 0.3) is 11.4 Å². The molecule has 1 N–H and O–H groups in total. The molecule has 7 nitrogen and oxygen atoms in total. The van der Waals surface area contributed by atoms with Gasteiger partial charge in [0.05, 0.1) is 43.3 Å². The van der Waals surface area contributed by atoms with Gasteiger partial charge < -0.3 is 5.32 Å². The zero-order valence-electron chi connectivity index (χ0n) is 14.9. The van der Waals surface area contributed by atoms with Crippen molar-refractivity contribution in [2.24, 2.45) is 0 Å². The van der Waals surface area contributed by atoms with Crippen molar-refractivity contribution in [3.05, 3.63) is 64.6 Å². The van der Waals surface area contributed by atoms with Gasteiger partial charge in [0.2, 0.25) is 0 Å². The number of hydrogen-bond acceptors (Lipinski definition) is 5. The lowest BCUT2D eigenvalue weighted by atomic mass is 10.0.